The lowest BCUT2D eigenvalue weighted by atomic mass is 10.1. The Morgan fingerprint density at radius 2 is 2.35 bits per heavy atom. The van der Waals surface area contributed by atoms with E-state index in [0.717, 1.165) is 19.4 Å². The Morgan fingerprint density at radius 1 is 1.55 bits per heavy atom. The number of phenolic OH excluding ortho intramolecular Hbond substituents is 1. The molecule has 1 heterocycles. The van der Waals surface area contributed by atoms with E-state index < -0.39 is 0 Å². The number of benzene rings is 1. The molecule has 5 nitrogen and oxygen atoms in total. The van der Waals surface area contributed by atoms with Gasteiger partial charge in [0, 0.05) is 19.7 Å². The number of carbonyl (C=O) groups excluding carboxylic acids is 1. The fourth-order valence-electron chi connectivity index (χ4n) is 2.42. The highest BCUT2D eigenvalue weighted by molar-refractivity contribution is 5.97. The van der Waals surface area contributed by atoms with Crippen LogP contribution in [0.2, 0.25) is 0 Å². The summed E-state index contributed by atoms with van der Waals surface area (Å²) in [5.41, 5.74) is 0.268. The minimum Gasteiger partial charge on any atom is -0.504 e. The lowest BCUT2D eigenvalue weighted by Crippen LogP contribution is -2.37. The molecule has 0 spiro atoms. The number of carbonyl (C=O) groups is 1. The molecule has 0 radical (unpaired) electrons. The Hall–Kier alpha value is -1.75. The first-order valence-corrected chi connectivity index (χ1v) is 6.94. The number of hydrogen-bond donors (Lipinski definition) is 1. The quantitative estimate of drug-likeness (QED) is 0.896. The summed E-state index contributed by atoms with van der Waals surface area (Å²) >= 11 is 0. The predicted octanol–water partition coefficient (Wildman–Crippen LogP) is 2.04. The van der Waals surface area contributed by atoms with Crippen LogP contribution in [0.3, 0.4) is 0 Å². The summed E-state index contributed by atoms with van der Waals surface area (Å²) in [6, 6.07) is 4.94. The summed E-state index contributed by atoms with van der Waals surface area (Å²) in [7, 11) is 1.47. The molecule has 2 rings (SSSR count). The van der Waals surface area contributed by atoms with Crippen molar-refractivity contribution in [2.45, 2.75) is 25.9 Å². The Bertz CT molecular complexity index is 469. The van der Waals surface area contributed by atoms with Gasteiger partial charge in [-0.2, -0.15) is 0 Å². The van der Waals surface area contributed by atoms with Gasteiger partial charge in [0.25, 0.3) is 5.91 Å². The predicted molar refractivity (Wildman–Crippen MR) is 75.2 cm³/mol. The van der Waals surface area contributed by atoms with Gasteiger partial charge < -0.3 is 19.5 Å². The SMILES string of the molecule is CCN(CC1CCCO1)C(=O)c1cccc(OC)c1O. The van der Waals surface area contributed by atoms with E-state index in [2.05, 4.69) is 0 Å². The van der Waals surface area contributed by atoms with Crippen LogP contribution in [0.25, 0.3) is 0 Å². The van der Waals surface area contributed by atoms with Gasteiger partial charge >= 0.3 is 0 Å². The number of rotatable bonds is 5. The number of likely N-dealkylation sites (N-methyl/N-ethyl adjacent to an activating group) is 1. The third-order valence-electron chi connectivity index (χ3n) is 3.57. The first-order chi connectivity index (χ1) is 9.67. The number of amides is 1. The topological polar surface area (TPSA) is 59.0 Å². The second-order valence-electron chi connectivity index (χ2n) is 4.84. The number of phenols is 1. The molecule has 1 aliphatic heterocycles. The third-order valence-corrected chi connectivity index (χ3v) is 3.57. The average Bonchev–Trinajstić information content (AvgIpc) is 2.97. The van der Waals surface area contributed by atoms with Gasteiger partial charge in [-0.1, -0.05) is 6.07 Å². The number of ether oxygens (including phenoxy) is 2. The van der Waals surface area contributed by atoms with Crippen LogP contribution in [0.4, 0.5) is 0 Å². The standard InChI is InChI=1S/C15H21NO4/c1-3-16(10-11-6-5-9-20-11)15(18)12-7-4-8-13(19-2)14(12)17/h4,7-8,11,17H,3,5-6,9-10H2,1-2H3. The van der Waals surface area contributed by atoms with Gasteiger partial charge in [-0.05, 0) is 31.9 Å². The minimum atomic E-state index is -0.195. The van der Waals surface area contributed by atoms with E-state index in [1.807, 2.05) is 6.92 Å². The van der Waals surface area contributed by atoms with Crippen molar-refractivity contribution in [3.63, 3.8) is 0 Å². The monoisotopic (exact) mass is 279 g/mol. The molecule has 1 atom stereocenters. The van der Waals surface area contributed by atoms with Gasteiger partial charge in [-0.15, -0.1) is 0 Å². The lowest BCUT2D eigenvalue weighted by Gasteiger charge is -2.24. The Labute approximate surface area is 119 Å². The summed E-state index contributed by atoms with van der Waals surface area (Å²) in [5, 5.41) is 10.1. The van der Waals surface area contributed by atoms with Crippen LogP contribution in [0.1, 0.15) is 30.1 Å². The maximum absolute atomic E-state index is 12.5. The van der Waals surface area contributed by atoms with Crippen LogP contribution < -0.4 is 4.74 Å². The number of para-hydroxylation sites is 1. The smallest absolute Gasteiger partial charge is 0.257 e. The number of nitrogens with zero attached hydrogens (tertiary/aromatic N) is 1. The molecule has 1 saturated heterocycles. The van der Waals surface area contributed by atoms with E-state index in [0.29, 0.717) is 18.8 Å². The van der Waals surface area contributed by atoms with Crippen molar-refractivity contribution in [1.82, 2.24) is 4.90 Å². The van der Waals surface area contributed by atoms with Crippen LogP contribution in [0.15, 0.2) is 18.2 Å². The molecule has 0 bridgehead atoms. The second-order valence-corrected chi connectivity index (χ2v) is 4.84. The molecule has 1 N–H and O–H groups in total. The lowest BCUT2D eigenvalue weighted by molar-refractivity contribution is 0.0536. The maximum Gasteiger partial charge on any atom is 0.257 e. The van der Waals surface area contributed by atoms with E-state index in [-0.39, 0.29) is 23.3 Å². The van der Waals surface area contributed by atoms with Crippen molar-refractivity contribution in [2.24, 2.45) is 0 Å². The van der Waals surface area contributed by atoms with Crippen LogP contribution in [-0.4, -0.2) is 48.8 Å². The largest absolute Gasteiger partial charge is 0.504 e. The highest BCUT2D eigenvalue weighted by atomic mass is 16.5. The van der Waals surface area contributed by atoms with E-state index in [1.54, 1.807) is 23.1 Å². The molecule has 1 unspecified atom stereocenters. The zero-order valence-electron chi connectivity index (χ0n) is 12.0. The van der Waals surface area contributed by atoms with Crippen LogP contribution in [-0.2, 0) is 4.74 Å². The fourth-order valence-corrected chi connectivity index (χ4v) is 2.42. The normalized spacial score (nSPS) is 18.0. The molecule has 0 saturated carbocycles. The van der Waals surface area contributed by atoms with Gasteiger partial charge in [0.15, 0.2) is 11.5 Å². The molecule has 0 aliphatic carbocycles. The highest BCUT2D eigenvalue weighted by Gasteiger charge is 2.24. The van der Waals surface area contributed by atoms with Crippen molar-refractivity contribution in [3.8, 4) is 11.5 Å². The Morgan fingerprint density at radius 3 is 2.95 bits per heavy atom. The third kappa shape index (κ3) is 3.04. The van der Waals surface area contributed by atoms with Crippen molar-refractivity contribution < 1.29 is 19.4 Å². The summed E-state index contributed by atoms with van der Waals surface area (Å²) in [6.07, 6.45) is 2.13. The summed E-state index contributed by atoms with van der Waals surface area (Å²) in [6.45, 7) is 3.83. The van der Waals surface area contributed by atoms with Crippen molar-refractivity contribution in [2.75, 3.05) is 26.8 Å². The van der Waals surface area contributed by atoms with Gasteiger partial charge in [-0.25, -0.2) is 0 Å². The molecule has 110 valence electrons. The fraction of sp³-hybridized carbons (Fsp3) is 0.533. The van der Waals surface area contributed by atoms with Gasteiger partial charge in [0.2, 0.25) is 0 Å². The molecule has 1 amide bonds. The van der Waals surface area contributed by atoms with Crippen LogP contribution >= 0.6 is 0 Å². The molecule has 1 aliphatic rings. The number of aromatic hydroxyl groups is 1. The van der Waals surface area contributed by atoms with Crippen molar-refractivity contribution >= 4 is 5.91 Å². The Balaban J connectivity index is 2.15. The molecule has 0 aromatic heterocycles. The van der Waals surface area contributed by atoms with E-state index in [9.17, 15) is 9.90 Å². The molecule has 20 heavy (non-hydrogen) atoms. The average molecular weight is 279 g/mol. The summed E-state index contributed by atoms with van der Waals surface area (Å²) in [4.78, 5) is 14.2. The Kier molecular flexibility index (Phi) is 4.84. The summed E-state index contributed by atoms with van der Waals surface area (Å²) in [5.74, 6) is 0.00853. The first kappa shape index (κ1) is 14.7. The number of hydrogen-bond acceptors (Lipinski definition) is 4. The molecule has 1 aromatic rings. The first-order valence-electron chi connectivity index (χ1n) is 6.94. The zero-order chi connectivity index (χ0) is 14.5. The van der Waals surface area contributed by atoms with E-state index >= 15 is 0 Å². The zero-order valence-corrected chi connectivity index (χ0v) is 12.0. The van der Waals surface area contributed by atoms with E-state index in [4.69, 9.17) is 9.47 Å². The molecular weight excluding hydrogens is 258 g/mol. The van der Waals surface area contributed by atoms with Crippen LogP contribution in [0, 0.1) is 0 Å². The maximum atomic E-state index is 12.5. The van der Waals surface area contributed by atoms with Gasteiger partial charge in [0.05, 0.1) is 18.8 Å². The molecule has 1 aromatic carbocycles. The van der Waals surface area contributed by atoms with E-state index in [1.165, 1.54) is 7.11 Å². The van der Waals surface area contributed by atoms with Crippen molar-refractivity contribution in [1.29, 1.82) is 0 Å². The highest BCUT2D eigenvalue weighted by Crippen LogP contribution is 2.30. The summed E-state index contributed by atoms with van der Waals surface area (Å²) < 4.78 is 10.6. The number of methoxy groups -OCH3 is 1. The van der Waals surface area contributed by atoms with Crippen molar-refractivity contribution in [3.05, 3.63) is 23.8 Å². The molecular formula is C15H21NO4. The molecule has 1 fully saturated rings. The second kappa shape index (κ2) is 6.61. The van der Waals surface area contributed by atoms with Gasteiger partial charge in [-0.3, -0.25) is 4.79 Å². The van der Waals surface area contributed by atoms with Gasteiger partial charge in [0.1, 0.15) is 0 Å². The van der Waals surface area contributed by atoms with Crippen LogP contribution in [0.5, 0.6) is 11.5 Å². The molecule has 5 heteroatoms. The minimum absolute atomic E-state index is 0.103.